The predicted molar refractivity (Wildman–Crippen MR) is 63.6 cm³/mol. The maximum absolute atomic E-state index is 5.69. The molecule has 0 aliphatic carbocycles. The average Bonchev–Trinajstić information content (AvgIpc) is 2.66. The smallest absolute Gasteiger partial charge is 0.299 e. The molecule has 4 nitrogen and oxygen atoms in total. The highest BCUT2D eigenvalue weighted by Gasteiger charge is 2.07. The minimum Gasteiger partial charge on any atom is -0.432 e. The van der Waals surface area contributed by atoms with Gasteiger partial charge in [-0.1, -0.05) is 12.1 Å². The highest BCUT2D eigenvalue weighted by Crippen LogP contribution is 2.18. The summed E-state index contributed by atoms with van der Waals surface area (Å²) in [6, 6.07) is 8.36. The van der Waals surface area contributed by atoms with Crippen molar-refractivity contribution in [3.8, 4) is 0 Å². The second kappa shape index (κ2) is 4.37. The van der Waals surface area contributed by atoms with Gasteiger partial charge in [0.25, 0.3) is 6.01 Å². The Hall–Kier alpha value is -1.81. The maximum atomic E-state index is 5.69. The van der Waals surface area contributed by atoms with Crippen LogP contribution in [0.15, 0.2) is 34.9 Å². The lowest BCUT2D eigenvalue weighted by molar-refractivity contribution is 0.573. The minimum atomic E-state index is -0.114. The second-order valence-electron chi connectivity index (χ2n) is 3.86. The van der Waals surface area contributed by atoms with Gasteiger partial charge in [-0.05, 0) is 31.5 Å². The Morgan fingerprint density at radius 3 is 2.88 bits per heavy atom. The van der Waals surface area contributed by atoms with Gasteiger partial charge in [-0.2, -0.15) is 4.98 Å². The number of benzene rings is 1. The zero-order valence-electron chi connectivity index (χ0n) is 9.40. The van der Waals surface area contributed by atoms with Gasteiger partial charge in [-0.3, -0.25) is 0 Å². The lowest BCUT2D eigenvalue weighted by atomic mass is 10.2. The molecule has 1 heterocycles. The van der Waals surface area contributed by atoms with Crippen LogP contribution in [0.25, 0.3) is 0 Å². The quantitative estimate of drug-likeness (QED) is 0.829. The Labute approximate surface area is 94.5 Å². The molecule has 4 heteroatoms. The van der Waals surface area contributed by atoms with Crippen LogP contribution in [0, 0.1) is 6.92 Å². The molecular weight excluding hydrogens is 202 g/mol. The predicted octanol–water partition coefficient (Wildman–Crippen LogP) is 2.75. The van der Waals surface area contributed by atoms with Gasteiger partial charge in [0.1, 0.15) is 6.26 Å². The van der Waals surface area contributed by atoms with Crippen LogP contribution in [0.4, 0.5) is 11.7 Å². The van der Waals surface area contributed by atoms with E-state index in [4.69, 9.17) is 10.2 Å². The van der Waals surface area contributed by atoms with E-state index in [2.05, 4.69) is 10.3 Å². The summed E-state index contributed by atoms with van der Waals surface area (Å²) in [5, 5.41) is 3.09. The van der Waals surface area contributed by atoms with E-state index in [1.165, 1.54) is 5.56 Å². The van der Waals surface area contributed by atoms with E-state index < -0.39 is 0 Å². The van der Waals surface area contributed by atoms with E-state index in [-0.39, 0.29) is 6.04 Å². The molecule has 0 amide bonds. The SMILES string of the molecule is Cc1cccc(Nc2nc(C(C)N)co2)c1. The van der Waals surface area contributed by atoms with Gasteiger partial charge in [0.15, 0.2) is 0 Å². The number of nitrogens with one attached hydrogen (secondary N) is 1. The van der Waals surface area contributed by atoms with Crippen molar-refractivity contribution in [3.63, 3.8) is 0 Å². The van der Waals surface area contributed by atoms with Gasteiger partial charge >= 0.3 is 0 Å². The van der Waals surface area contributed by atoms with E-state index in [1.54, 1.807) is 6.26 Å². The Kier molecular flexibility index (Phi) is 2.92. The monoisotopic (exact) mass is 217 g/mol. The average molecular weight is 217 g/mol. The van der Waals surface area contributed by atoms with E-state index >= 15 is 0 Å². The summed E-state index contributed by atoms with van der Waals surface area (Å²) in [6.07, 6.45) is 1.57. The molecule has 3 N–H and O–H groups in total. The van der Waals surface area contributed by atoms with Gasteiger partial charge < -0.3 is 15.5 Å². The molecule has 0 aliphatic heterocycles. The molecule has 1 aromatic heterocycles. The first-order valence-corrected chi connectivity index (χ1v) is 5.20. The molecule has 2 aromatic rings. The number of aromatic nitrogens is 1. The summed E-state index contributed by atoms with van der Waals surface area (Å²) >= 11 is 0. The second-order valence-corrected chi connectivity index (χ2v) is 3.86. The van der Waals surface area contributed by atoms with Crippen LogP contribution in [0.5, 0.6) is 0 Å². The Bertz CT molecular complexity index is 477. The molecule has 0 bridgehead atoms. The molecule has 0 radical (unpaired) electrons. The first-order chi connectivity index (χ1) is 7.65. The highest BCUT2D eigenvalue weighted by atomic mass is 16.4. The number of oxazole rings is 1. The summed E-state index contributed by atoms with van der Waals surface area (Å²) in [4.78, 5) is 4.23. The van der Waals surface area contributed by atoms with Gasteiger partial charge in [0.05, 0.1) is 5.69 Å². The third kappa shape index (κ3) is 2.41. The normalized spacial score (nSPS) is 12.4. The van der Waals surface area contributed by atoms with Gasteiger partial charge in [-0.15, -0.1) is 0 Å². The largest absolute Gasteiger partial charge is 0.432 e. The molecule has 0 spiro atoms. The van der Waals surface area contributed by atoms with Crippen molar-refractivity contribution in [3.05, 3.63) is 41.8 Å². The summed E-state index contributed by atoms with van der Waals surface area (Å²) < 4.78 is 5.27. The number of hydrogen-bond acceptors (Lipinski definition) is 4. The van der Waals surface area contributed by atoms with Crippen molar-refractivity contribution in [2.45, 2.75) is 19.9 Å². The fraction of sp³-hybridized carbons (Fsp3) is 0.250. The molecule has 1 aromatic carbocycles. The van der Waals surface area contributed by atoms with Gasteiger partial charge in [0, 0.05) is 11.7 Å². The Balaban J connectivity index is 2.14. The highest BCUT2D eigenvalue weighted by molar-refractivity contribution is 5.53. The number of anilines is 2. The van der Waals surface area contributed by atoms with Crippen LogP contribution in [-0.2, 0) is 0 Å². The van der Waals surface area contributed by atoms with Crippen molar-refractivity contribution < 1.29 is 4.42 Å². The van der Waals surface area contributed by atoms with E-state index in [9.17, 15) is 0 Å². The van der Waals surface area contributed by atoms with Crippen molar-refractivity contribution in [1.29, 1.82) is 0 Å². The number of rotatable bonds is 3. The number of hydrogen-bond donors (Lipinski definition) is 2. The van der Waals surface area contributed by atoms with E-state index in [0.29, 0.717) is 6.01 Å². The van der Waals surface area contributed by atoms with Crippen LogP contribution in [0.1, 0.15) is 24.2 Å². The molecule has 0 fully saturated rings. The fourth-order valence-electron chi connectivity index (χ4n) is 1.40. The molecule has 0 saturated heterocycles. The van der Waals surface area contributed by atoms with E-state index in [1.807, 2.05) is 38.1 Å². The number of nitrogens with two attached hydrogens (primary N) is 1. The van der Waals surface area contributed by atoms with Crippen molar-refractivity contribution in [1.82, 2.24) is 4.98 Å². The molecule has 2 rings (SSSR count). The standard InChI is InChI=1S/C12H15N3O/c1-8-4-3-5-10(6-8)14-12-15-11(7-16-12)9(2)13/h3-7,9H,13H2,1-2H3,(H,14,15). The zero-order chi connectivity index (χ0) is 11.5. The first-order valence-electron chi connectivity index (χ1n) is 5.20. The van der Waals surface area contributed by atoms with Crippen LogP contribution in [-0.4, -0.2) is 4.98 Å². The summed E-state index contributed by atoms with van der Waals surface area (Å²) in [7, 11) is 0. The van der Waals surface area contributed by atoms with Crippen molar-refractivity contribution in [2.75, 3.05) is 5.32 Å². The van der Waals surface area contributed by atoms with Crippen LogP contribution < -0.4 is 11.1 Å². The third-order valence-corrected chi connectivity index (χ3v) is 2.26. The fourth-order valence-corrected chi connectivity index (χ4v) is 1.40. The molecule has 1 atom stereocenters. The van der Waals surface area contributed by atoms with Gasteiger partial charge in [0.2, 0.25) is 0 Å². The molecule has 1 unspecified atom stereocenters. The van der Waals surface area contributed by atoms with Crippen LogP contribution >= 0.6 is 0 Å². The molecule has 0 aliphatic rings. The Morgan fingerprint density at radius 1 is 1.44 bits per heavy atom. The lowest BCUT2D eigenvalue weighted by Gasteiger charge is -2.02. The summed E-state index contributed by atoms with van der Waals surface area (Å²) in [5.41, 5.74) is 8.58. The molecule has 84 valence electrons. The third-order valence-electron chi connectivity index (χ3n) is 2.26. The Morgan fingerprint density at radius 2 is 2.25 bits per heavy atom. The summed E-state index contributed by atoms with van der Waals surface area (Å²) in [6.45, 7) is 3.91. The topological polar surface area (TPSA) is 64.1 Å². The van der Waals surface area contributed by atoms with E-state index in [0.717, 1.165) is 11.4 Å². The maximum Gasteiger partial charge on any atom is 0.299 e. The van der Waals surface area contributed by atoms with Crippen LogP contribution in [0.3, 0.4) is 0 Å². The number of nitrogens with zero attached hydrogens (tertiary/aromatic N) is 1. The summed E-state index contributed by atoms with van der Waals surface area (Å²) in [5.74, 6) is 0. The molecular formula is C12H15N3O. The molecule has 16 heavy (non-hydrogen) atoms. The van der Waals surface area contributed by atoms with Crippen molar-refractivity contribution >= 4 is 11.7 Å². The lowest BCUT2D eigenvalue weighted by Crippen LogP contribution is -2.05. The number of aryl methyl sites for hydroxylation is 1. The minimum absolute atomic E-state index is 0.114. The molecule has 0 saturated carbocycles. The first kappa shape index (κ1) is 10.7. The zero-order valence-corrected chi connectivity index (χ0v) is 9.40. The van der Waals surface area contributed by atoms with Gasteiger partial charge in [-0.25, -0.2) is 0 Å². The van der Waals surface area contributed by atoms with Crippen molar-refractivity contribution in [2.24, 2.45) is 5.73 Å². The van der Waals surface area contributed by atoms with Crippen LogP contribution in [0.2, 0.25) is 0 Å².